The second-order valence-corrected chi connectivity index (χ2v) is 9.08. The van der Waals surface area contributed by atoms with Crippen molar-refractivity contribution in [1.29, 1.82) is 0 Å². The first-order chi connectivity index (χ1) is 13.2. The van der Waals surface area contributed by atoms with Crippen molar-refractivity contribution in [1.82, 2.24) is 9.55 Å². The summed E-state index contributed by atoms with van der Waals surface area (Å²) in [7, 11) is 0. The van der Waals surface area contributed by atoms with Gasteiger partial charge >= 0.3 is 0 Å². The fourth-order valence-corrected chi connectivity index (χ4v) is 5.89. The number of halogens is 1. The van der Waals surface area contributed by atoms with Gasteiger partial charge in [0.25, 0.3) is 5.56 Å². The summed E-state index contributed by atoms with van der Waals surface area (Å²) in [4.78, 5) is 17.7. The van der Waals surface area contributed by atoms with Crippen molar-refractivity contribution >= 4 is 44.9 Å². The fraction of sp³-hybridized carbons (Fsp3) is 0.400. The topological polar surface area (TPSA) is 44.1 Å². The molecule has 4 nitrogen and oxygen atoms in total. The minimum atomic E-state index is 0.0573. The predicted molar refractivity (Wildman–Crippen MR) is 113 cm³/mol. The fourth-order valence-electron chi connectivity index (χ4n) is 3.51. The zero-order chi connectivity index (χ0) is 18.8. The lowest BCUT2D eigenvalue weighted by Gasteiger charge is -2.30. The molecule has 0 aliphatic carbocycles. The van der Waals surface area contributed by atoms with Gasteiger partial charge in [-0.3, -0.25) is 9.36 Å². The van der Waals surface area contributed by atoms with Gasteiger partial charge < -0.3 is 4.74 Å². The summed E-state index contributed by atoms with van der Waals surface area (Å²) < 4.78 is 8.10. The summed E-state index contributed by atoms with van der Waals surface area (Å²) in [6.45, 7) is 4.18. The van der Waals surface area contributed by atoms with E-state index in [0.29, 0.717) is 12.5 Å². The number of aromatic nitrogens is 2. The Kier molecular flexibility index (Phi) is 5.88. The van der Waals surface area contributed by atoms with E-state index in [9.17, 15) is 4.79 Å². The van der Waals surface area contributed by atoms with Crippen molar-refractivity contribution in [2.45, 2.75) is 36.7 Å². The molecule has 27 heavy (non-hydrogen) atoms. The molecular formula is C20H21ClN2O2S2. The molecule has 0 saturated carbocycles. The number of ether oxygens (including phenoxy) is 1. The number of thiophene rings is 1. The minimum absolute atomic E-state index is 0.0573. The van der Waals surface area contributed by atoms with Crippen LogP contribution in [0.15, 0.2) is 45.7 Å². The molecule has 2 aromatic heterocycles. The van der Waals surface area contributed by atoms with Gasteiger partial charge in [-0.25, -0.2) is 4.98 Å². The van der Waals surface area contributed by atoms with E-state index in [0.717, 1.165) is 46.5 Å². The summed E-state index contributed by atoms with van der Waals surface area (Å²) in [6, 6.07) is 9.98. The molecule has 0 radical (unpaired) electrons. The van der Waals surface area contributed by atoms with Crippen LogP contribution in [-0.2, 0) is 11.3 Å². The van der Waals surface area contributed by atoms with E-state index < -0.39 is 0 Å². The minimum Gasteiger partial charge on any atom is -0.381 e. The number of fused-ring (bicyclic) bond motifs is 1. The van der Waals surface area contributed by atoms with Gasteiger partial charge in [-0.05, 0) is 54.8 Å². The van der Waals surface area contributed by atoms with E-state index in [2.05, 4.69) is 12.1 Å². The molecule has 3 heterocycles. The lowest BCUT2D eigenvalue weighted by molar-refractivity contribution is 0.0656. The second kappa shape index (κ2) is 8.35. The molecule has 1 aliphatic rings. The Morgan fingerprint density at radius 3 is 2.74 bits per heavy atom. The largest absolute Gasteiger partial charge is 0.381 e. The van der Waals surface area contributed by atoms with Crippen LogP contribution in [0, 0.1) is 5.92 Å². The van der Waals surface area contributed by atoms with Crippen LogP contribution in [0.5, 0.6) is 0 Å². The summed E-state index contributed by atoms with van der Waals surface area (Å²) in [6.07, 6.45) is 2.02. The molecule has 1 unspecified atom stereocenters. The lowest BCUT2D eigenvalue weighted by Crippen LogP contribution is -2.24. The van der Waals surface area contributed by atoms with Crippen LogP contribution < -0.4 is 5.56 Å². The third-order valence-electron chi connectivity index (χ3n) is 4.97. The first-order valence-corrected chi connectivity index (χ1v) is 11.3. The molecule has 7 heteroatoms. The van der Waals surface area contributed by atoms with Gasteiger partial charge in [0.05, 0.1) is 5.52 Å². The highest BCUT2D eigenvalue weighted by atomic mass is 35.5. The zero-order valence-corrected chi connectivity index (χ0v) is 17.4. The van der Waals surface area contributed by atoms with Crippen molar-refractivity contribution in [2.24, 2.45) is 5.92 Å². The van der Waals surface area contributed by atoms with Crippen LogP contribution in [0.4, 0.5) is 0 Å². The first kappa shape index (κ1) is 19.0. The number of nitrogens with zero attached hydrogens (tertiary/aromatic N) is 2. The van der Waals surface area contributed by atoms with Crippen LogP contribution in [0.3, 0.4) is 0 Å². The van der Waals surface area contributed by atoms with Crippen molar-refractivity contribution < 1.29 is 4.74 Å². The highest BCUT2D eigenvalue weighted by Gasteiger charge is 2.28. The molecule has 1 aromatic carbocycles. The van der Waals surface area contributed by atoms with Crippen LogP contribution in [0.1, 0.15) is 30.6 Å². The van der Waals surface area contributed by atoms with E-state index in [1.807, 2.05) is 30.5 Å². The number of thioether (sulfide) groups is 1. The molecule has 0 amide bonds. The molecule has 1 aliphatic heterocycles. The van der Waals surface area contributed by atoms with Gasteiger partial charge in [0, 0.05) is 30.0 Å². The third kappa shape index (κ3) is 3.94. The first-order valence-electron chi connectivity index (χ1n) is 9.15. The zero-order valence-electron chi connectivity index (χ0n) is 15.1. The van der Waals surface area contributed by atoms with Gasteiger partial charge in [-0.2, -0.15) is 0 Å². The lowest BCUT2D eigenvalue weighted by atomic mass is 9.92. The maximum Gasteiger partial charge on any atom is 0.272 e. The smallest absolute Gasteiger partial charge is 0.272 e. The number of rotatable bonds is 5. The third-order valence-corrected chi connectivity index (χ3v) is 7.55. The molecule has 4 rings (SSSR count). The van der Waals surface area contributed by atoms with E-state index in [-0.39, 0.29) is 10.8 Å². The molecule has 0 N–H and O–H groups in total. The molecule has 142 valence electrons. The van der Waals surface area contributed by atoms with E-state index in [1.54, 1.807) is 16.3 Å². The standard InChI is InChI=1S/C20H21ClN2O2S2/c1-2-23-19(24)18-16(9-12-26-18)22-20(23)27-17(14-7-10-25-11-8-14)13-3-5-15(21)6-4-13/h3-6,9,12,14,17H,2,7-8,10-11H2,1H3. The summed E-state index contributed by atoms with van der Waals surface area (Å²) >= 11 is 9.26. The average Bonchev–Trinajstić information content (AvgIpc) is 3.17. The normalized spacial score (nSPS) is 16.7. The van der Waals surface area contributed by atoms with Gasteiger partial charge in [0.15, 0.2) is 5.16 Å². The molecule has 3 aromatic rings. The van der Waals surface area contributed by atoms with Crippen LogP contribution in [-0.4, -0.2) is 22.8 Å². The summed E-state index contributed by atoms with van der Waals surface area (Å²) in [5.41, 5.74) is 2.07. The molecule has 1 atom stereocenters. The highest BCUT2D eigenvalue weighted by molar-refractivity contribution is 7.99. The molecule has 1 fully saturated rings. The SMILES string of the molecule is CCn1c(SC(c2ccc(Cl)cc2)C2CCOCC2)nc2ccsc2c1=O. The summed E-state index contributed by atoms with van der Waals surface area (Å²) in [5.74, 6) is 0.477. The van der Waals surface area contributed by atoms with Crippen molar-refractivity contribution in [3.05, 3.63) is 56.7 Å². The highest BCUT2D eigenvalue weighted by Crippen LogP contribution is 2.44. The number of hydrogen-bond acceptors (Lipinski definition) is 5. The Hall–Kier alpha value is -1.34. The maximum absolute atomic E-state index is 12.9. The van der Waals surface area contributed by atoms with Crippen molar-refractivity contribution in [3.8, 4) is 0 Å². The van der Waals surface area contributed by atoms with Crippen LogP contribution in [0.25, 0.3) is 10.2 Å². The van der Waals surface area contributed by atoms with Gasteiger partial charge in [0.1, 0.15) is 4.70 Å². The Bertz CT molecular complexity index is 978. The molecule has 0 bridgehead atoms. The van der Waals surface area contributed by atoms with Gasteiger partial charge in [-0.1, -0.05) is 35.5 Å². The Labute approximate surface area is 171 Å². The van der Waals surface area contributed by atoms with E-state index >= 15 is 0 Å². The Balaban J connectivity index is 1.76. The summed E-state index contributed by atoms with van der Waals surface area (Å²) in [5, 5.41) is 3.67. The van der Waals surface area contributed by atoms with Crippen LogP contribution >= 0.6 is 34.7 Å². The monoisotopic (exact) mass is 420 g/mol. The van der Waals surface area contributed by atoms with E-state index in [4.69, 9.17) is 21.3 Å². The molecular weight excluding hydrogens is 400 g/mol. The van der Waals surface area contributed by atoms with E-state index in [1.165, 1.54) is 16.9 Å². The Morgan fingerprint density at radius 1 is 1.30 bits per heavy atom. The average molecular weight is 421 g/mol. The molecule has 0 spiro atoms. The van der Waals surface area contributed by atoms with Crippen molar-refractivity contribution in [3.63, 3.8) is 0 Å². The molecule has 1 saturated heterocycles. The van der Waals surface area contributed by atoms with Crippen LogP contribution in [0.2, 0.25) is 5.02 Å². The quantitative estimate of drug-likeness (QED) is 0.410. The number of hydrogen-bond donors (Lipinski definition) is 0. The van der Waals surface area contributed by atoms with Gasteiger partial charge in [0.2, 0.25) is 0 Å². The second-order valence-electron chi connectivity index (χ2n) is 6.62. The maximum atomic E-state index is 12.9. The number of benzene rings is 1. The van der Waals surface area contributed by atoms with Crippen molar-refractivity contribution in [2.75, 3.05) is 13.2 Å². The predicted octanol–water partition coefficient (Wildman–Crippen LogP) is 5.39. The Morgan fingerprint density at radius 2 is 2.04 bits per heavy atom. The van der Waals surface area contributed by atoms with Gasteiger partial charge in [-0.15, -0.1) is 11.3 Å².